The van der Waals surface area contributed by atoms with Gasteiger partial charge in [-0.15, -0.1) is 0 Å². The molecule has 0 aliphatic rings. The molecule has 0 radical (unpaired) electrons. The van der Waals surface area contributed by atoms with Crippen molar-refractivity contribution in [3.8, 4) is 11.8 Å². The van der Waals surface area contributed by atoms with Gasteiger partial charge in [0.1, 0.15) is 5.75 Å². The Morgan fingerprint density at radius 1 is 1.22 bits per heavy atom. The Labute approximate surface area is 144 Å². The first-order valence-electron chi connectivity index (χ1n) is 6.87. The number of ether oxygens (including phenoxy) is 1. The van der Waals surface area contributed by atoms with Crippen LogP contribution in [-0.2, 0) is 4.79 Å². The first-order valence-corrected chi connectivity index (χ1v) is 7.62. The summed E-state index contributed by atoms with van der Waals surface area (Å²) in [6.45, 7) is 1.73. The third-order valence-electron chi connectivity index (χ3n) is 3.17. The van der Waals surface area contributed by atoms with Crippen LogP contribution in [0.4, 0.5) is 0 Å². The minimum absolute atomic E-state index is 0.114. The smallest absolute Gasteiger partial charge is 0.258 e. The van der Waals surface area contributed by atoms with Crippen LogP contribution in [0.1, 0.15) is 24.1 Å². The van der Waals surface area contributed by atoms with E-state index in [0.717, 1.165) is 5.56 Å². The monoisotopic (exact) mass is 348 g/mol. The predicted octanol–water partition coefficient (Wildman–Crippen LogP) is 4.12. The van der Waals surface area contributed by atoms with Crippen molar-refractivity contribution in [3.63, 3.8) is 0 Å². The Balaban J connectivity index is 1.88. The molecule has 1 atom stereocenters. The lowest BCUT2D eigenvalue weighted by atomic mass is 10.1. The van der Waals surface area contributed by atoms with Crippen LogP contribution in [0.5, 0.6) is 5.75 Å². The van der Waals surface area contributed by atoms with E-state index in [4.69, 9.17) is 33.2 Å². The number of benzene rings is 2. The van der Waals surface area contributed by atoms with Gasteiger partial charge in [0.15, 0.2) is 6.61 Å². The molecule has 23 heavy (non-hydrogen) atoms. The van der Waals surface area contributed by atoms with E-state index in [1.54, 1.807) is 42.5 Å². The first-order chi connectivity index (χ1) is 11.0. The van der Waals surface area contributed by atoms with Gasteiger partial charge in [0.25, 0.3) is 5.91 Å². The first kappa shape index (κ1) is 17.1. The van der Waals surface area contributed by atoms with Crippen LogP contribution >= 0.6 is 23.2 Å². The maximum atomic E-state index is 11.9. The van der Waals surface area contributed by atoms with Gasteiger partial charge in [-0.1, -0.05) is 29.3 Å². The van der Waals surface area contributed by atoms with Crippen LogP contribution in [0, 0.1) is 11.3 Å². The normalized spacial score (nSPS) is 11.4. The summed E-state index contributed by atoms with van der Waals surface area (Å²) >= 11 is 11.8. The number of hydrogen-bond donors (Lipinski definition) is 1. The van der Waals surface area contributed by atoms with Gasteiger partial charge in [-0.3, -0.25) is 4.79 Å². The van der Waals surface area contributed by atoms with Gasteiger partial charge in [-0.25, -0.2) is 0 Å². The third kappa shape index (κ3) is 4.88. The summed E-state index contributed by atoms with van der Waals surface area (Å²) < 4.78 is 5.38. The second kappa shape index (κ2) is 7.87. The molecule has 0 aromatic heterocycles. The highest BCUT2D eigenvalue weighted by molar-refractivity contribution is 6.42. The summed E-state index contributed by atoms with van der Waals surface area (Å²) in [5.41, 5.74) is 1.39. The van der Waals surface area contributed by atoms with Crippen molar-refractivity contribution < 1.29 is 9.53 Å². The van der Waals surface area contributed by atoms with Crippen LogP contribution in [0.3, 0.4) is 0 Å². The van der Waals surface area contributed by atoms with E-state index in [0.29, 0.717) is 21.4 Å². The fourth-order valence-corrected chi connectivity index (χ4v) is 2.23. The van der Waals surface area contributed by atoms with Gasteiger partial charge in [-0.2, -0.15) is 5.26 Å². The second-order valence-electron chi connectivity index (χ2n) is 4.89. The molecule has 0 saturated carbocycles. The molecule has 118 valence electrons. The van der Waals surface area contributed by atoms with E-state index >= 15 is 0 Å². The van der Waals surface area contributed by atoms with Crippen LogP contribution < -0.4 is 10.1 Å². The van der Waals surface area contributed by atoms with Crippen molar-refractivity contribution in [1.29, 1.82) is 5.26 Å². The second-order valence-corrected chi connectivity index (χ2v) is 5.70. The van der Waals surface area contributed by atoms with Crippen molar-refractivity contribution in [2.45, 2.75) is 13.0 Å². The van der Waals surface area contributed by atoms with Crippen LogP contribution in [0.2, 0.25) is 10.0 Å². The number of hydrogen-bond acceptors (Lipinski definition) is 3. The molecule has 1 N–H and O–H groups in total. The lowest BCUT2D eigenvalue weighted by Crippen LogP contribution is -2.31. The molecule has 0 aliphatic carbocycles. The van der Waals surface area contributed by atoms with Gasteiger partial charge < -0.3 is 10.1 Å². The fraction of sp³-hybridized carbons (Fsp3) is 0.176. The number of nitrogens with one attached hydrogen (secondary N) is 1. The molecule has 0 heterocycles. The molecule has 0 aliphatic heterocycles. The molecule has 6 heteroatoms. The number of carbonyl (C=O) groups excluding carboxylic acids is 1. The van der Waals surface area contributed by atoms with Gasteiger partial charge >= 0.3 is 0 Å². The highest BCUT2D eigenvalue weighted by Crippen LogP contribution is 2.25. The average Bonchev–Trinajstić information content (AvgIpc) is 2.55. The van der Waals surface area contributed by atoms with Crippen molar-refractivity contribution in [1.82, 2.24) is 5.32 Å². The Bertz CT molecular complexity index is 739. The molecule has 2 aromatic carbocycles. The number of nitriles is 1. The molecule has 0 saturated heterocycles. The van der Waals surface area contributed by atoms with E-state index in [1.807, 2.05) is 13.0 Å². The average molecular weight is 349 g/mol. The molecule has 4 nitrogen and oxygen atoms in total. The SMILES string of the molecule is C[C@H](NC(=O)COc1ccc(C#N)cc1)c1ccc(Cl)c(Cl)c1. The fourth-order valence-electron chi connectivity index (χ4n) is 1.92. The predicted molar refractivity (Wildman–Crippen MR) is 89.7 cm³/mol. The van der Waals surface area contributed by atoms with Gasteiger partial charge in [0, 0.05) is 0 Å². The summed E-state index contributed by atoms with van der Waals surface area (Å²) in [4.78, 5) is 11.9. The van der Waals surface area contributed by atoms with Gasteiger partial charge in [-0.05, 0) is 48.9 Å². The summed E-state index contributed by atoms with van der Waals surface area (Å²) in [5, 5.41) is 12.4. The summed E-state index contributed by atoms with van der Waals surface area (Å²) in [6.07, 6.45) is 0. The Hall–Kier alpha value is -2.22. The van der Waals surface area contributed by atoms with E-state index in [1.165, 1.54) is 0 Å². The van der Waals surface area contributed by atoms with Crippen molar-refractivity contribution >= 4 is 29.1 Å². The quantitative estimate of drug-likeness (QED) is 0.883. The highest BCUT2D eigenvalue weighted by Gasteiger charge is 2.11. The van der Waals surface area contributed by atoms with Crippen molar-refractivity contribution in [2.24, 2.45) is 0 Å². The van der Waals surface area contributed by atoms with Crippen molar-refractivity contribution in [2.75, 3.05) is 6.61 Å². The van der Waals surface area contributed by atoms with Crippen molar-refractivity contribution in [3.05, 3.63) is 63.6 Å². The molecule has 2 aromatic rings. The Morgan fingerprint density at radius 2 is 1.91 bits per heavy atom. The third-order valence-corrected chi connectivity index (χ3v) is 3.91. The Morgan fingerprint density at radius 3 is 2.52 bits per heavy atom. The molecule has 0 spiro atoms. The zero-order chi connectivity index (χ0) is 16.8. The topological polar surface area (TPSA) is 62.1 Å². The standard InChI is InChI=1S/C17H14Cl2N2O2/c1-11(13-4-7-15(18)16(19)8-13)21-17(22)10-23-14-5-2-12(9-20)3-6-14/h2-8,11H,10H2,1H3,(H,21,22)/t11-/m0/s1. The molecule has 0 fully saturated rings. The Kier molecular flexibility index (Phi) is 5.86. The summed E-state index contributed by atoms with van der Waals surface area (Å²) in [7, 11) is 0. The van der Waals surface area contributed by atoms with Gasteiger partial charge in [0.2, 0.25) is 0 Å². The zero-order valence-electron chi connectivity index (χ0n) is 12.3. The minimum Gasteiger partial charge on any atom is -0.484 e. The summed E-state index contributed by atoms with van der Waals surface area (Å²) in [6, 6.07) is 13.6. The van der Waals surface area contributed by atoms with E-state index in [9.17, 15) is 4.79 Å². The van der Waals surface area contributed by atoms with Crippen LogP contribution in [0.15, 0.2) is 42.5 Å². The van der Waals surface area contributed by atoms with Crippen LogP contribution in [0.25, 0.3) is 0 Å². The number of halogens is 2. The zero-order valence-corrected chi connectivity index (χ0v) is 13.9. The lowest BCUT2D eigenvalue weighted by molar-refractivity contribution is -0.123. The van der Waals surface area contributed by atoms with E-state index < -0.39 is 0 Å². The van der Waals surface area contributed by atoms with E-state index in [-0.39, 0.29) is 18.6 Å². The maximum absolute atomic E-state index is 11.9. The number of carbonyl (C=O) groups is 1. The molecule has 0 bridgehead atoms. The molecule has 2 rings (SSSR count). The number of nitrogens with zero attached hydrogens (tertiary/aromatic N) is 1. The van der Waals surface area contributed by atoms with E-state index in [2.05, 4.69) is 5.32 Å². The maximum Gasteiger partial charge on any atom is 0.258 e. The highest BCUT2D eigenvalue weighted by atomic mass is 35.5. The summed E-state index contributed by atoms with van der Waals surface area (Å²) in [5.74, 6) is 0.272. The number of rotatable bonds is 5. The largest absolute Gasteiger partial charge is 0.484 e. The van der Waals surface area contributed by atoms with Crippen LogP contribution in [-0.4, -0.2) is 12.5 Å². The lowest BCUT2D eigenvalue weighted by Gasteiger charge is -2.15. The van der Waals surface area contributed by atoms with Gasteiger partial charge in [0.05, 0.1) is 27.7 Å². The molecule has 1 amide bonds. The molecule has 0 unspecified atom stereocenters. The minimum atomic E-state index is -0.257. The number of amides is 1. The molecular weight excluding hydrogens is 335 g/mol. The molecular formula is C17H14Cl2N2O2.